The van der Waals surface area contributed by atoms with Crippen LogP contribution < -0.4 is 10.1 Å². The number of nitrogens with zero attached hydrogens (tertiary/aromatic N) is 4. The second-order valence-electron chi connectivity index (χ2n) is 5.88. The van der Waals surface area contributed by atoms with E-state index >= 15 is 0 Å². The summed E-state index contributed by atoms with van der Waals surface area (Å²) in [5.41, 5.74) is 2.53. The van der Waals surface area contributed by atoms with E-state index in [1.54, 1.807) is 0 Å². The summed E-state index contributed by atoms with van der Waals surface area (Å²) in [5.74, 6) is 1.08. The molecule has 0 radical (unpaired) electrons. The fourth-order valence-electron chi connectivity index (χ4n) is 2.42. The van der Waals surface area contributed by atoms with Crippen molar-refractivity contribution >= 4 is 11.6 Å². The van der Waals surface area contributed by atoms with Gasteiger partial charge in [-0.15, -0.1) is 10.2 Å². The Labute approximate surface area is 152 Å². The van der Waals surface area contributed by atoms with Gasteiger partial charge in [-0.1, -0.05) is 37.3 Å². The quantitative estimate of drug-likeness (QED) is 0.707. The molecule has 0 atom stereocenters. The van der Waals surface area contributed by atoms with E-state index in [0.717, 1.165) is 29.0 Å². The van der Waals surface area contributed by atoms with Gasteiger partial charge in [0.25, 0.3) is 0 Å². The molecule has 0 aliphatic heterocycles. The van der Waals surface area contributed by atoms with Crippen molar-refractivity contribution in [2.75, 3.05) is 11.9 Å². The number of hydrogen-bond donors (Lipinski definition) is 1. The van der Waals surface area contributed by atoms with Crippen molar-refractivity contribution in [2.45, 2.75) is 26.8 Å². The molecular weight excluding hydrogens is 330 g/mol. The first-order valence-corrected chi connectivity index (χ1v) is 8.52. The SMILES string of the molecule is CCCOc1ccc(NC(=O)Cn2nnc(-c3ccccc3)n2)c(C)c1. The molecule has 3 rings (SSSR count). The Balaban J connectivity index is 1.62. The van der Waals surface area contributed by atoms with Crippen molar-refractivity contribution in [3.05, 3.63) is 54.1 Å². The second kappa shape index (κ2) is 8.24. The van der Waals surface area contributed by atoms with Gasteiger partial charge in [0.2, 0.25) is 11.7 Å². The molecule has 0 spiro atoms. The molecular formula is C19H21N5O2. The third kappa shape index (κ3) is 4.44. The molecule has 1 N–H and O–H groups in total. The molecule has 0 aliphatic rings. The summed E-state index contributed by atoms with van der Waals surface area (Å²) >= 11 is 0. The zero-order valence-electron chi connectivity index (χ0n) is 14.8. The van der Waals surface area contributed by atoms with Crippen LogP contribution in [0.2, 0.25) is 0 Å². The van der Waals surface area contributed by atoms with Gasteiger partial charge in [-0.3, -0.25) is 4.79 Å². The van der Waals surface area contributed by atoms with Gasteiger partial charge < -0.3 is 10.1 Å². The molecule has 0 aliphatic carbocycles. The zero-order chi connectivity index (χ0) is 18.4. The number of rotatable bonds is 7. The predicted octanol–water partition coefficient (Wildman–Crippen LogP) is 3.08. The number of aromatic nitrogens is 4. The lowest BCUT2D eigenvalue weighted by molar-refractivity contribution is -0.117. The molecule has 0 bridgehead atoms. The maximum atomic E-state index is 12.3. The molecule has 1 amide bonds. The van der Waals surface area contributed by atoms with Gasteiger partial charge in [-0.05, 0) is 42.3 Å². The highest BCUT2D eigenvalue weighted by molar-refractivity contribution is 5.91. The van der Waals surface area contributed by atoms with E-state index in [4.69, 9.17) is 4.74 Å². The van der Waals surface area contributed by atoms with Crippen LogP contribution in [0.1, 0.15) is 18.9 Å². The zero-order valence-corrected chi connectivity index (χ0v) is 14.8. The Hall–Kier alpha value is -3.22. The number of benzene rings is 2. The lowest BCUT2D eigenvalue weighted by Crippen LogP contribution is -2.21. The minimum Gasteiger partial charge on any atom is -0.494 e. The van der Waals surface area contributed by atoms with E-state index < -0.39 is 0 Å². The Morgan fingerprint density at radius 1 is 1.19 bits per heavy atom. The van der Waals surface area contributed by atoms with Gasteiger partial charge in [-0.25, -0.2) is 0 Å². The van der Waals surface area contributed by atoms with Crippen LogP contribution in [0.15, 0.2) is 48.5 Å². The smallest absolute Gasteiger partial charge is 0.248 e. The van der Waals surface area contributed by atoms with Crippen LogP contribution >= 0.6 is 0 Å². The van der Waals surface area contributed by atoms with Gasteiger partial charge in [-0.2, -0.15) is 4.80 Å². The summed E-state index contributed by atoms with van der Waals surface area (Å²) in [6.07, 6.45) is 0.952. The van der Waals surface area contributed by atoms with Gasteiger partial charge in [0.05, 0.1) is 6.61 Å². The van der Waals surface area contributed by atoms with Crippen LogP contribution in [0.3, 0.4) is 0 Å². The summed E-state index contributed by atoms with van der Waals surface area (Å²) in [6, 6.07) is 15.1. The lowest BCUT2D eigenvalue weighted by atomic mass is 10.2. The Bertz CT molecular complexity index is 877. The van der Waals surface area contributed by atoms with Crippen LogP contribution in [0.4, 0.5) is 5.69 Å². The number of anilines is 1. The predicted molar refractivity (Wildman–Crippen MR) is 98.8 cm³/mol. The first-order chi connectivity index (χ1) is 12.7. The molecule has 7 heteroatoms. The highest BCUT2D eigenvalue weighted by Crippen LogP contribution is 2.21. The Kier molecular flexibility index (Phi) is 5.58. The molecule has 1 aromatic heterocycles. The Morgan fingerprint density at radius 3 is 2.73 bits per heavy atom. The Morgan fingerprint density at radius 2 is 2.00 bits per heavy atom. The van der Waals surface area contributed by atoms with E-state index in [-0.39, 0.29) is 12.5 Å². The van der Waals surface area contributed by atoms with E-state index in [2.05, 4.69) is 27.7 Å². The summed E-state index contributed by atoms with van der Waals surface area (Å²) in [7, 11) is 0. The molecule has 0 unspecified atom stereocenters. The number of ether oxygens (including phenoxy) is 1. The molecule has 2 aromatic carbocycles. The molecule has 26 heavy (non-hydrogen) atoms. The number of aryl methyl sites for hydroxylation is 1. The third-order valence-corrected chi connectivity index (χ3v) is 3.71. The van der Waals surface area contributed by atoms with Crippen LogP contribution in [0.5, 0.6) is 5.75 Å². The normalized spacial score (nSPS) is 10.5. The number of tetrazole rings is 1. The average molecular weight is 351 g/mol. The third-order valence-electron chi connectivity index (χ3n) is 3.71. The molecule has 0 fully saturated rings. The maximum Gasteiger partial charge on any atom is 0.248 e. The molecule has 134 valence electrons. The minimum absolute atomic E-state index is 0.00659. The number of carbonyl (C=O) groups is 1. The van der Waals surface area contributed by atoms with Gasteiger partial charge in [0.1, 0.15) is 12.3 Å². The fourth-order valence-corrected chi connectivity index (χ4v) is 2.42. The summed E-state index contributed by atoms with van der Waals surface area (Å²) in [6.45, 7) is 4.65. The summed E-state index contributed by atoms with van der Waals surface area (Å²) in [4.78, 5) is 13.5. The largest absolute Gasteiger partial charge is 0.494 e. The lowest BCUT2D eigenvalue weighted by Gasteiger charge is -2.10. The van der Waals surface area contributed by atoms with Crippen molar-refractivity contribution in [2.24, 2.45) is 0 Å². The van der Waals surface area contributed by atoms with E-state index in [1.165, 1.54) is 4.80 Å². The van der Waals surface area contributed by atoms with E-state index in [1.807, 2.05) is 55.5 Å². The number of carbonyl (C=O) groups excluding carboxylic acids is 1. The van der Waals surface area contributed by atoms with Crippen molar-refractivity contribution < 1.29 is 9.53 Å². The van der Waals surface area contributed by atoms with Crippen LogP contribution in [0.25, 0.3) is 11.4 Å². The molecule has 3 aromatic rings. The number of hydrogen-bond acceptors (Lipinski definition) is 5. The first kappa shape index (κ1) is 17.6. The van der Waals surface area contributed by atoms with Crippen molar-refractivity contribution in [1.29, 1.82) is 0 Å². The van der Waals surface area contributed by atoms with Gasteiger partial charge >= 0.3 is 0 Å². The minimum atomic E-state index is -0.215. The maximum absolute atomic E-state index is 12.3. The van der Waals surface area contributed by atoms with Gasteiger partial charge in [0, 0.05) is 11.3 Å². The average Bonchev–Trinajstić information content (AvgIpc) is 3.11. The molecule has 7 nitrogen and oxygen atoms in total. The van der Waals surface area contributed by atoms with Crippen LogP contribution in [0, 0.1) is 6.92 Å². The monoisotopic (exact) mass is 351 g/mol. The highest BCUT2D eigenvalue weighted by atomic mass is 16.5. The number of amides is 1. The van der Waals surface area contributed by atoms with Crippen LogP contribution in [-0.4, -0.2) is 32.7 Å². The van der Waals surface area contributed by atoms with Crippen molar-refractivity contribution in [3.63, 3.8) is 0 Å². The fraction of sp³-hybridized carbons (Fsp3) is 0.263. The van der Waals surface area contributed by atoms with Crippen molar-refractivity contribution in [3.8, 4) is 17.1 Å². The second-order valence-corrected chi connectivity index (χ2v) is 5.88. The molecule has 0 saturated heterocycles. The number of nitrogens with one attached hydrogen (secondary N) is 1. The van der Waals surface area contributed by atoms with Crippen molar-refractivity contribution in [1.82, 2.24) is 20.2 Å². The molecule has 1 heterocycles. The summed E-state index contributed by atoms with van der Waals surface area (Å²) < 4.78 is 5.59. The highest BCUT2D eigenvalue weighted by Gasteiger charge is 2.10. The van der Waals surface area contributed by atoms with E-state index in [0.29, 0.717) is 12.4 Å². The van der Waals surface area contributed by atoms with E-state index in [9.17, 15) is 4.79 Å². The first-order valence-electron chi connectivity index (χ1n) is 8.52. The van der Waals surface area contributed by atoms with Crippen LogP contribution in [-0.2, 0) is 11.3 Å². The molecule has 0 saturated carbocycles. The topological polar surface area (TPSA) is 81.9 Å². The van der Waals surface area contributed by atoms with Gasteiger partial charge in [0.15, 0.2) is 0 Å². The standard InChI is InChI=1S/C19H21N5O2/c1-3-11-26-16-9-10-17(14(2)12-16)20-18(25)13-24-22-19(21-23-24)15-7-5-4-6-8-15/h4-10,12H,3,11,13H2,1-2H3,(H,20,25). The summed E-state index contributed by atoms with van der Waals surface area (Å²) in [5, 5.41) is 15.0.